The molecule has 0 amide bonds. The minimum absolute atomic E-state index is 0.210. The van der Waals surface area contributed by atoms with Crippen LogP contribution in [0.1, 0.15) is 12.4 Å². The van der Waals surface area contributed by atoms with Crippen molar-refractivity contribution in [3.63, 3.8) is 0 Å². The molecule has 0 aliphatic heterocycles. The summed E-state index contributed by atoms with van der Waals surface area (Å²) in [5.41, 5.74) is 2.64. The molecule has 3 aromatic carbocycles. The maximum absolute atomic E-state index is 13.8. The van der Waals surface area contributed by atoms with Crippen LogP contribution in [0.25, 0.3) is 28.1 Å². The number of ether oxygens (including phenoxy) is 1. The largest absolute Gasteiger partial charge is 0.497 e. The molecule has 5 rings (SSSR count). The second-order valence-electron chi connectivity index (χ2n) is 7.16. The van der Waals surface area contributed by atoms with Gasteiger partial charge in [-0.15, -0.1) is 10.2 Å². The molecule has 0 saturated heterocycles. The number of para-hydroxylation sites is 3. The molecule has 0 unspecified atom stereocenters. The van der Waals surface area contributed by atoms with Crippen molar-refractivity contribution in [3.05, 3.63) is 84.7 Å². The third-order valence-electron chi connectivity index (χ3n) is 5.17. The highest BCUT2D eigenvalue weighted by Crippen LogP contribution is 2.32. The first-order chi connectivity index (χ1) is 16.2. The van der Waals surface area contributed by atoms with Gasteiger partial charge in [-0.1, -0.05) is 54.2 Å². The Morgan fingerprint density at radius 1 is 0.939 bits per heavy atom. The van der Waals surface area contributed by atoms with E-state index in [1.54, 1.807) is 31.4 Å². The first kappa shape index (κ1) is 21.1. The number of fused-ring (bicyclic) bond motifs is 1. The number of nitrogens with zero attached hydrogens (tertiary/aromatic N) is 5. The van der Waals surface area contributed by atoms with E-state index >= 15 is 0 Å². The Bertz CT molecular complexity index is 1400. The molecule has 0 atom stereocenters. The van der Waals surface area contributed by atoms with Crippen molar-refractivity contribution in [3.8, 4) is 22.8 Å². The third-order valence-corrected chi connectivity index (χ3v) is 6.10. The number of thioether (sulfide) groups is 1. The summed E-state index contributed by atoms with van der Waals surface area (Å²) in [7, 11) is 1.61. The summed E-state index contributed by atoms with van der Waals surface area (Å²) in [5, 5.41) is 9.37. The average molecular weight is 464 g/mol. The van der Waals surface area contributed by atoms with E-state index in [2.05, 4.69) is 15.2 Å². The van der Waals surface area contributed by atoms with Crippen molar-refractivity contribution in [2.75, 3.05) is 7.11 Å². The second kappa shape index (κ2) is 9.03. The van der Waals surface area contributed by atoms with Gasteiger partial charge >= 0.3 is 6.55 Å². The summed E-state index contributed by atoms with van der Waals surface area (Å²) in [4.78, 5) is 4.43. The quantitative estimate of drug-likeness (QED) is 0.278. The van der Waals surface area contributed by atoms with E-state index in [9.17, 15) is 8.78 Å². The Labute approximate surface area is 192 Å². The minimum atomic E-state index is -2.69. The Balaban J connectivity index is 1.55. The van der Waals surface area contributed by atoms with Crippen molar-refractivity contribution >= 4 is 22.8 Å². The number of imidazole rings is 1. The molecule has 2 aromatic heterocycles. The monoisotopic (exact) mass is 463 g/mol. The van der Waals surface area contributed by atoms with Crippen LogP contribution in [0.5, 0.6) is 5.75 Å². The van der Waals surface area contributed by atoms with Crippen LogP contribution >= 0.6 is 11.8 Å². The fraction of sp³-hybridized carbons (Fsp3) is 0.125. The molecule has 9 heteroatoms. The Hall–Kier alpha value is -3.72. The third kappa shape index (κ3) is 4.07. The maximum Gasteiger partial charge on any atom is 0.320 e. The minimum Gasteiger partial charge on any atom is -0.497 e. The van der Waals surface area contributed by atoms with Gasteiger partial charge in [0.05, 0.1) is 23.9 Å². The molecule has 2 heterocycles. The highest BCUT2D eigenvalue weighted by Gasteiger charge is 2.21. The SMILES string of the molecule is COc1cccc(-c2nnc(SCc3nc4ccccc4n3C(F)F)n2-c2ccccc2)c1. The molecule has 0 saturated carbocycles. The molecule has 0 spiro atoms. The van der Waals surface area contributed by atoms with Gasteiger partial charge in [0.15, 0.2) is 11.0 Å². The van der Waals surface area contributed by atoms with E-state index < -0.39 is 6.55 Å². The summed E-state index contributed by atoms with van der Waals surface area (Å²) in [6.45, 7) is -2.69. The molecule has 0 radical (unpaired) electrons. The van der Waals surface area contributed by atoms with Crippen LogP contribution in [0, 0.1) is 0 Å². The van der Waals surface area contributed by atoms with Crippen LogP contribution < -0.4 is 4.74 Å². The predicted molar refractivity (Wildman–Crippen MR) is 124 cm³/mol. The second-order valence-corrected chi connectivity index (χ2v) is 8.10. The zero-order valence-electron chi connectivity index (χ0n) is 17.6. The predicted octanol–water partition coefficient (Wildman–Crippen LogP) is 5.98. The number of methoxy groups -OCH3 is 1. The van der Waals surface area contributed by atoms with Gasteiger partial charge in [-0.25, -0.2) is 4.98 Å². The lowest BCUT2D eigenvalue weighted by molar-refractivity contribution is 0.0722. The van der Waals surface area contributed by atoms with Crippen molar-refractivity contribution in [1.82, 2.24) is 24.3 Å². The zero-order valence-corrected chi connectivity index (χ0v) is 18.4. The van der Waals surface area contributed by atoms with Gasteiger partial charge in [-0.3, -0.25) is 9.13 Å². The summed E-state index contributed by atoms with van der Waals surface area (Å²) in [5.74, 6) is 1.82. The molecular formula is C24H19F2N5OS. The summed E-state index contributed by atoms with van der Waals surface area (Å²) in [6, 6.07) is 24.1. The molecule has 0 N–H and O–H groups in total. The highest BCUT2D eigenvalue weighted by atomic mass is 32.2. The van der Waals surface area contributed by atoms with Gasteiger partial charge in [-0.05, 0) is 36.4 Å². The van der Waals surface area contributed by atoms with E-state index in [0.717, 1.165) is 15.8 Å². The van der Waals surface area contributed by atoms with E-state index in [1.807, 2.05) is 59.2 Å². The van der Waals surface area contributed by atoms with Crippen LogP contribution in [0.3, 0.4) is 0 Å². The first-order valence-electron chi connectivity index (χ1n) is 10.2. The van der Waals surface area contributed by atoms with E-state index in [-0.39, 0.29) is 11.6 Å². The Kier molecular flexibility index (Phi) is 5.78. The zero-order chi connectivity index (χ0) is 22.8. The summed E-state index contributed by atoms with van der Waals surface area (Å²) >= 11 is 1.31. The normalized spacial score (nSPS) is 11.4. The van der Waals surface area contributed by atoms with Gasteiger partial charge < -0.3 is 4.74 Å². The van der Waals surface area contributed by atoms with Crippen LogP contribution in [0.2, 0.25) is 0 Å². The summed E-state index contributed by atoms with van der Waals surface area (Å²) < 4.78 is 35.9. The van der Waals surface area contributed by atoms with E-state index in [1.165, 1.54) is 11.8 Å². The van der Waals surface area contributed by atoms with Crippen LogP contribution in [-0.2, 0) is 5.75 Å². The van der Waals surface area contributed by atoms with Gasteiger partial charge in [0.1, 0.15) is 11.6 Å². The fourth-order valence-corrected chi connectivity index (χ4v) is 4.55. The topological polar surface area (TPSA) is 57.8 Å². The average Bonchev–Trinajstić information content (AvgIpc) is 3.44. The molecule has 33 heavy (non-hydrogen) atoms. The number of halogens is 2. The molecule has 166 valence electrons. The standard InChI is InChI=1S/C24H19F2N5OS/c1-32-18-11-7-8-16(14-18)22-28-29-24(30(22)17-9-3-2-4-10-17)33-15-21-27-19-12-5-6-13-20(19)31(21)23(25)26/h2-14,23H,15H2,1H3. The van der Waals surface area contributed by atoms with Crippen LogP contribution in [0.15, 0.2) is 84.0 Å². The Morgan fingerprint density at radius 3 is 2.52 bits per heavy atom. The number of benzene rings is 3. The van der Waals surface area contributed by atoms with Crippen molar-refractivity contribution in [2.45, 2.75) is 17.5 Å². The fourth-order valence-electron chi connectivity index (χ4n) is 3.67. The van der Waals surface area contributed by atoms with Gasteiger partial charge in [0.25, 0.3) is 0 Å². The molecule has 5 aromatic rings. The lowest BCUT2D eigenvalue weighted by atomic mass is 10.2. The molecule has 0 bridgehead atoms. The number of hydrogen-bond donors (Lipinski definition) is 0. The first-order valence-corrected chi connectivity index (χ1v) is 11.2. The van der Waals surface area contributed by atoms with Gasteiger partial charge in [-0.2, -0.15) is 8.78 Å². The molecular weight excluding hydrogens is 444 g/mol. The van der Waals surface area contributed by atoms with Crippen LogP contribution in [0.4, 0.5) is 8.78 Å². The number of rotatable bonds is 7. The lowest BCUT2D eigenvalue weighted by Gasteiger charge is -2.11. The van der Waals surface area contributed by atoms with E-state index in [4.69, 9.17) is 4.74 Å². The number of hydrogen-bond acceptors (Lipinski definition) is 5. The van der Waals surface area contributed by atoms with Crippen molar-refractivity contribution in [1.29, 1.82) is 0 Å². The smallest absolute Gasteiger partial charge is 0.320 e. The number of alkyl halides is 2. The lowest BCUT2D eigenvalue weighted by Crippen LogP contribution is -2.04. The molecule has 0 aliphatic rings. The molecule has 0 fully saturated rings. The van der Waals surface area contributed by atoms with Crippen molar-refractivity contribution < 1.29 is 13.5 Å². The highest BCUT2D eigenvalue weighted by molar-refractivity contribution is 7.98. The van der Waals surface area contributed by atoms with E-state index in [0.29, 0.717) is 27.8 Å². The van der Waals surface area contributed by atoms with Gasteiger partial charge in [0.2, 0.25) is 0 Å². The molecule has 0 aliphatic carbocycles. The Morgan fingerprint density at radius 2 is 1.73 bits per heavy atom. The van der Waals surface area contributed by atoms with Gasteiger partial charge in [0, 0.05) is 11.3 Å². The van der Waals surface area contributed by atoms with Crippen molar-refractivity contribution in [2.24, 2.45) is 0 Å². The number of aromatic nitrogens is 5. The molecule has 6 nitrogen and oxygen atoms in total. The summed E-state index contributed by atoms with van der Waals surface area (Å²) in [6.07, 6.45) is 0. The van der Waals surface area contributed by atoms with Crippen LogP contribution in [-0.4, -0.2) is 31.4 Å². The maximum atomic E-state index is 13.8.